The van der Waals surface area contributed by atoms with Crippen LogP contribution in [0.2, 0.25) is 0 Å². The lowest BCUT2D eigenvalue weighted by atomic mass is 9.87. The quantitative estimate of drug-likeness (QED) is 0.930. The number of aromatic nitrogens is 1. The van der Waals surface area contributed by atoms with Gasteiger partial charge in [-0.05, 0) is 49.4 Å². The molecule has 22 heavy (non-hydrogen) atoms. The summed E-state index contributed by atoms with van der Waals surface area (Å²) in [7, 11) is 2.19. The molecule has 1 aromatic rings. The smallest absolute Gasteiger partial charge is 0.131 e. The fraction of sp³-hybridized carbons (Fsp3) is 0.722. The number of pyridine rings is 1. The number of nitrogens with zero attached hydrogens (tertiary/aromatic N) is 3. The Bertz CT molecular complexity index is 508. The van der Waals surface area contributed by atoms with Gasteiger partial charge in [0.1, 0.15) is 11.6 Å². The predicted octanol–water partition coefficient (Wildman–Crippen LogP) is 3.10. The van der Waals surface area contributed by atoms with Gasteiger partial charge in [0, 0.05) is 32.2 Å². The van der Waals surface area contributed by atoms with E-state index in [1.807, 2.05) is 0 Å². The van der Waals surface area contributed by atoms with Crippen LogP contribution in [0.5, 0.6) is 0 Å². The molecule has 1 aliphatic heterocycles. The standard InChI is InChI=1S/C18H30N4/c1-18(2,3)14-12-16(19-15-6-5-7-15)20-17(13-14)22-10-8-21(4)9-11-22/h12-13,15H,5-11H2,1-4H3,(H,19,20). The van der Waals surface area contributed by atoms with Crippen molar-refractivity contribution >= 4 is 11.6 Å². The van der Waals surface area contributed by atoms with Crippen LogP contribution in [-0.4, -0.2) is 49.2 Å². The largest absolute Gasteiger partial charge is 0.367 e. The van der Waals surface area contributed by atoms with E-state index in [1.54, 1.807) is 0 Å². The highest BCUT2D eigenvalue weighted by Gasteiger charge is 2.23. The molecule has 0 aromatic carbocycles. The number of nitrogens with one attached hydrogen (secondary N) is 1. The molecule has 0 bridgehead atoms. The van der Waals surface area contributed by atoms with Crippen molar-refractivity contribution in [2.45, 2.75) is 51.5 Å². The van der Waals surface area contributed by atoms with E-state index in [0.717, 1.165) is 37.8 Å². The molecule has 1 aromatic heterocycles. The molecule has 1 saturated heterocycles. The maximum atomic E-state index is 4.91. The van der Waals surface area contributed by atoms with Gasteiger partial charge in [0.05, 0.1) is 0 Å². The zero-order valence-corrected chi connectivity index (χ0v) is 14.5. The number of piperazine rings is 1. The molecule has 1 saturated carbocycles. The SMILES string of the molecule is CN1CCN(c2cc(C(C)(C)C)cc(NC3CCC3)n2)CC1. The van der Waals surface area contributed by atoms with Crippen molar-refractivity contribution in [3.8, 4) is 0 Å². The highest BCUT2D eigenvalue weighted by molar-refractivity contribution is 5.53. The number of hydrogen-bond acceptors (Lipinski definition) is 4. The third-order valence-electron chi connectivity index (χ3n) is 4.96. The van der Waals surface area contributed by atoms with Crippen molar-refractivity contribution in [2.75, 3.05) is 43.4 Å². The van der Waals surface area contributed by atoms with Crippen LogP contribution >= 0.6 is 0 Å². The fourth-order valence-corrected chi connectivity index (χ4v) is 2.98. The molecule has 122 valence electrons. The minimum absolute atomic E-state index is 0.153. The van der Waals surface area contributed by atoms with Crippen LogP contribution in [0.3, 0.4) is 0 Å². The van der Waals surface area contributed by atoms with Gasteiger partial charge in [-0.15, -0.1) is 0 Å². The van der Waals surface area contributed by atoms with Crippen molar-refractivity contribution in [1.82, 2.24) is 9.88 Å². The highest BCUT2D eigenvalue weighted by atomic mass is 15.3. The second-order valence-electron chi connectivity index (χ2n) is 7.91. The first-order valence-corrected chi connectivity index (χ1v) is 8.64. The summed E-state index contributed by atoms with van der Waals surface area (Å²) in [6.07, 6.45) is 3.92. The fourth-order valence-electron chi connectivity index (χ4n) is 2.98. The Morgan fingerprint density at radius 1 is 1.09 bits per heavy atom. The van der Waals surface area contributed by atoms with Gasteiger partial charge < -0.3 is 15.1 Å². The minimum Gasteiger partial charge on any atom is -0.367 e. The number of rotatable bonds is 3. The van der Waals surface area contributed by atoms with E-state index in [9.17, 15) is 0 Å². The van der Waals surface area contributed by atoms with Crippen molar-refractivity contribution < 1.29 is 0 Å². The van der Waals surface area contributed by atoms with E-state index in [2.05, 4.69) is 55.1 Å². The summed E-state index contributed by atoms with van der Waals surface area (Å²) in [6.45, 7) is 11.2. The summed E-state index contributed by atoms with van der Waals surface area (Å²) >= 11 is 0. The van der Waals surface area contributed by atoms with Crippen LogP contribution < -0.4 is 10.2 Å². The maximum absolute atomic E-state index is 4.91. The Balaban J connectivity index is 1.85. The van der Waals surface area contributed by atoms with E-state index in [-0.39, 0.29) is 5.41 Å². The van der Waals surface area contributed by atoms with E-state index in [4.69, 9.17) is 4.98 Å². The Morgan fingerprint density at radius 3 is 2.32 bits per heavy atom. The molecule has 3 rings (SSSR count). The summed E-state index contributed by atoms with van der Waals surface area (Å²) < 4.78 is 0. The molecule has 2 aliphatic rings. The van der Waals surface area contributed by atoms with Crippen LogP contribution in [0.1, 0.15) is 45.6 Å². The average Bonchev–Trinajstić information content (AvgIpc) is 2.42. The molecule has 2 fully saturated rings. The van der Waals surface area contributed by atoms with Gasteiger partial charge in [0.25, 0.3) is 0 Å². The third-order valence-corrected chi connectivity index (χ3v) is 4.96. The van der Waals surface area contributed by atoms with Crippen LogP contribution in [-0.2, 0) is 5.41 Å². The van der Waals surface area contributed by atoms with Gasteiger partial charge >= 0.3 is 0 Å². The first kappa shape index (κ1) is 15.6. The number of likely N-dealkylation sites (N-methyl/N-ethyl adjacent to an activating group) is 1. The molecule has 0 spiro atoms. The topological polar surface area (TPSA) is 31.4 Å². The average molecular weight is 302 g/mol. The number of anilines is 2. The van der Waals surface area contributed by atoms with Gasteiger partial charge in [-0.3, -0.25) is 0 Å². The van der Waals surface area contributed by atoms with Gasteiger partial charge in [-0.1, -0.05) is 20.8 Å². The predicted molar refractivity (Wildman–Crippen MR) is 93.9 cm³/mol. The van der Waals surface area contributed by atoms with Gasteiger partial charge in [0.15, 0.2) is 0 Å². The van der Waals surface area contributed by atoms with Crippen molar-refractivity contribution in [3.63, 3.8) is 0 Å². The third kappa shape index (κ3) is 3.54. The van der Waals surface area contributed by atoms with Crippen LogP contribution in [0.15, 0.2) is 12.1 Å². The summed E-state index contributed by atoms with van der Waals surface area (Å²) in [5.41, 5.74) is 1.53. The van der Waals surface area contributed by atoms with Gasteiger partial charge in [-0.2, -0.15) is 0 Å². The molecule has 2 heterocycles. The first-order valence-electron chi connectivity index (χ1n) is 8.64. The van der Waals surface area contributed by atoms with Crippen LogP contribution in [0, 0.1) is 0 Å². The molecule has 0 radical (unpaired) electrons. The van der Waals surface area contributed by atoms with E-state index < -0.39 is 0 Å². The first-order chi connectivity index (χ1) is 10.4. The molecular weight excluding hydrogens is 272 g/mol. The monoisotopic (exact) mass is 302 g/mol. The Kier molecular flexibility index (Phi) is 4.31. The number of hydrogen-bond donors (Lipinski definition) is 1. The molecular formula is C18H30N4. The molecule has 0 amide bonds. The Labute approximate surface area is 134 Å². The summed E-state index contributed by atoms with van der Waals surface area (Å²) in [6, 6.07) is 5.16. The minimum atomic E-state index is 0.153. The second-order valence-corrected chi connectivity index (χ2v) is 7.91. The normalized spacial score (nSPS) is 20.8. The van der Waals surface area contributed by atoms with Crippen molar-refractivity contribution in [1.29, 1.82) is 0 Å². The maximum Gasteiger partial charge on any atom is 0.131 e. The lowest BCUT2D eigenvalue weighted by Crippen LogP contribution is -2.45. The van der Waals surface area contributed by atoms with Crippen LogP contribution in [0.4, 0.5) is 11.6 Å². The van der Waals surface area contributed by atoms with Gasteiger partial charge in [0.2, 0.25) is 0 Å². The molecule has 1 aliphatic carbocycles. The molecule has 1 N–H and O–H groups in total. The second kappa shape index (κ2) is 6.07. The van der Waals surface area contributed by atoms with E-state index in [0.29, 0.717) is 6.04 Å². The Morgan fingerprint density at radius 2 is 1.77 bits per heavy atom. The van der Waals surface area contributed by atoms with Gasteiger partial charge in [-0.25, -0.2) is 4.98 Å². The highest BCUT2D eigenvalue weighted by Crippen LogP contribution is 2.30. The Hall–Kier alpha value is -1.29. The zero-order chi connectivity index (χ0) is 15.7. The lowest BCUT2D eigenvalue weighted by Gasteiger charge is -2.35. The van der Waals surface area contributed by atoms with E-state index >= 15 is 0 Å². The molecule has 0 unspecified atom stereocenters. The molecule has 4 heteroatoms. The lowest BCUT2D eigenvalue weighted by molar-refractivity contribution is 0.312. The molecule has 0 atom stereocenters. The van der Waals surface area contributed by atoms with Crippen molar-refractivity contribution in [2.24, 2.45) is 0 Å². The summed E-state index contributed by atoms with van der Waals surface area (Å²) in [4.78, 5) is 9.73. The summed E-state index contributed by atoms with van der Waals surface area (Å²) in [5.74, 6) is 2.20. The summed E-state index contributed by atoms with van der Waals surface area (Å²) in [5, 5.41) is 3.63. The van der Waals surface area contributed by atoms with Crippen LogP contribution in [0.25, 0.3) is 0 Å². The zero-order valence-electron chi connectivity index (χ0n) is 14.5. The molecule has 4 nitrogen and oxygen atoms in total. The van der Waals surface area contributed by atoms with E-state index in [1.165, 1.54) is 24.8 Å². The van der Waals surface area contributed by atoms with Crippen molar-refractivity contribution in [3.05, 3.63) is 17.7 Å².